The summed E-state index contributed by atoms with van der Waals surface area (Å²) in [5, 5.41) is 2.49. The number of fused-ring (bicyclic) bond motifs is 12. The zero-order valence-electron chi connectivity index (χ0n) is 33.7. The van der Waals surface area contributed by atoms with Crippen LogP contribution in [0.5, 0.6) is 0 Å². The Morgan fingerprint density at radius 2 is 0.867 bits per heavy atom. The van der Waals surface area contributed by atoms with Crippen molar-refractivity contribution in [3.05, 3.63) is 252 Å². The van der Waals surface area contributed by atoms with Crippen LogP contribution in [-0.4, -0.2) is 4.57 Å². The van der Waals surface area contributed by atoms with Crippen LogP contribution in [0.1, 0.15) is 47.2 Å². The fourth-order valence-electron chi connectivity index (χ4n) is 10.8. The molecule has 0 atom stereocenters. The number of benzene rings is 9. The quantitative estimate of drug-likeness (QED) is 0.169. The zero-order chi connectivity index (χ0) is 40.0. The Morgan fingerprint density at radius 1 is 0.350 bits per heavy atom. The highest BCUT2D eigenvalue weighted by Gasteiger charge is 2.53. The maximum atomic E-state index is 2.49. The lowest BCUT2D eigenvalue weighted by Crippen LogP contribution is -2.40. The monoisotopic (exact) mass is 766 g/mol. The van der Waals surface area contributed by atoms with E-state index in [1.807, 2.05) is 0 Å². The van der Waals surface area contributed by atoms with Gasteiger partial charge in [-0.15, -0.1) is 0 Å². The Kier molecular flexibility index (Phi) is 7.52. The van der Waals surface area contributed by atoms with E-state index in [0.29, 0.717) is 0 Å². The minimum Gasteiger partial charge on any atom is -0.310 e. The molecule has 0 N–H and O–H groups in total. The van der Waals surface area contributed by atoms with Gasteiger partial charge in [-0.3, -0.25) is 0 Å². The van der Waals surface area contributed by atoms with Gasteiger partial charge in [-0.1, -0.05) is 172 Å². The van der Waals surface area contributed by atoms with Gasteiger partial charge >= 0.3 is 0 Å². The molecule has 0 saturated heterocycles. The average Bonchev–Trinajstić information content (AvgIpc) is 3.79. The summed E-state index contributed by atoms with van der Waals surface area (Å²) < 4.78 is 2.39. The summed E-state index contributed by atoms with van der Waals surface area (Å²) in [7, 11) is 0. The molecule has 2 aliphatic carbocycles. The number of hydrogen-bond acceptors (Lipinski definition) is 1. The number of anilines is 3. The van der Waals surface area contributed by atoms with Crippen molar-refractivity contribution in [2.24, 2.45) is 0 Å². The molecular weight excluding hydrogens is 725 g/mol. The Hall–Kier alpha value is -7.42. The molecule has 0 amide bonds. The number of para-hydroxylation sites is 3. The smallest absolute Gasteiger partial charge is 0.0719 e. The highest BCUT2D eigenvalue weighted by atomic mass is 15.1. The van der Waals surface area contributed by atoms with Gasteiger partial charge in [0.25, 0.3) is 0 Å². The maximum absolute atomic E-state index is 2.49. The van der Waals surface area contributed by atoms with Gasteiger partial charge in [0.1, 0.15) is 0 Å². The molecule has 0 bridgehead atoms. The first kappa shape index (κ1) is 34.6. The van der Waals surface area contributed by atoms with E-state index in [1.165, 1.54) is 77.4 Å². The SMILES string of the molecule is CC1(C)c2ccccc2C2(c3ccccc3-c3ccc(-c4ccc(N(c5ccccc5)c5ccc6c7ccccc7n(-c7ccccc7)c6c5)cc4)cc32)c2ccccc21. The van der Waals surface area contributed by atoms with Gasteiger partial charge in [0.05, 0.1) is 16.4 Å². The van der Waals surface area contributed by atoms with Crippen LogP contribution in [0.15, 0.2) is 218 Å². The van der Waals surface area contributed by atoms with E-state index in [-0.39, 0.29) is 5.41 Å². The van der Waals surface area contributed by atoms with E-state index in [0.717, 1.165) is 22.7 Å². The lowest BCUT2D eigenvalue weighted by molar-refractivity contribution is 0.563. The molecule has 12 rings (SSSR count). The fourth-order valence-corrected chi connectivity index (χ4v) is 10.8. The molecular formula is C58H42N2. The summed E-state index contributed by atoms with van der Waals surface area (Å²) in [5.41, 5.74) is 19.6. The molecule has 1 spiro atoms. The number of nitrogens with zero attached hydrogens (tertiary/aromatic N) is 2. The summed E-state index contributed by atoms with van der Waals surface area (Å²) in [4.78, 5) is 2.38. The molecule has 1 heterocycles. The van der Waals surface area contributed by atoms with Crippen LogP contribution in [0.3, 0.4) is 0 Å². The summed E-state index contributed by atoms with van der Waals surface area (Å²) in [6, 6.07) is 80.8. The van der Waals surface area contributed by atoms with Gasteiger partial charge in [0.2, 0.25) is 0 Å². The molecule has 0 unspecified atom stereocenters. The van der Waals surface area contributed by atoms with E-state index >= 15 is 0 Å². The maximum Gasteiger partial charge on any atom is 0.0719 e. The second-order valence-electron chi connectivity index (χ2n) is 16.9. The van der Waals surface area contributed by atoms with Gasteiger partial charge in [-0.2, -0.15) is 0 Å². The Bertz CT molecular complexity index is 3230. The third kappa shape index (κ3) is 4.82. The van der Waals surface area contributed by atoms with Crippen LogP contribution in [0.25, 0.3) is 49.7 Å². The van der Waals surface area contributed by atoms with Gasteiger partial charge in [-0.25, -0.2) is 0 Å². The van der Waals surface area contributed by atoms with Crippen molar-refractivity contribution in [2.75, 3.05) is 4.90 Å². The van der Waals surface area contributed by atoms with Crippen LogP contribution in [0.4, 0.5) is 17.1 Å². The minimum atomic E-state index is -0.421. The molecule has 284 valence electrons. The summed E-state index contributed by atoms with van der Waals surface area (Å²) >= 11 is 0. The molecule has 2 heteroatoms. The molecule has 60 heavy (non-hydrogen) atoms. The van der Waals surface area contributed by atoms with Gasteiger partial charge in [0, 0.05) is 38.9 Å². The Balaban J connectivity index is 1.01. The lowest BCUT2D eigenvalue weighted by atomic mass is 9.55. The van der Waals surface area contributed by atoms with Crippen LogP contribution < -0.4 is 4.90 Å². The summed E-state index contributed by atoms with van der Waals surface area (Å²) in [6.45, 7) is 4.77. The predicted octanol–water partition coefficient (Wildman–Crippen LogP) is 14.9. The molecule has 0 fully saturated rings. The topological polar surface area (TPSA) is 8.17 Å². The molecule has 0 saturated carbocycles. The minimum absolute atomic E-state index is 0.128. The largest absolute Gasteiger partial charge is 0.310 e. The van der Waals surface area contributed by atoms with Crippen LogP contribution in [-0.2, 0) is 10.8 Å². The highest BCUT2D eigenvalue weighted by Crippen LogP contribution is 2.62. The first-order valence-corrected chi connectivity index (χ1v) is 21.0. The van der Waals surface area contributed by atoms with Crippen molar-refractivity contribution < 1.29 is 0 Å². The van der Waals surface area contributed by atoms with Gasteiger partial charge in [0.15, 0.2) is 0 Å². The first-order valence-electron chi connectivity index (χ1n) is 21.0. The molecule has 10 aromatic rings. The van der Waals surface area contributed by atoms with Gasteiger partial charge in [-0.05, 0) is 116 Å². The second-order valence-corrected chi connectivity index (χ2v) is 16.9. The molecule has 9 aromatic carbocycles. The van der Waals surface area contributed by atoms with Gasteiger partial charge < -0.3 is 9.47 Å². The Labute approximate surface area is 351 Å². The van der Waals surface area contributed by atoms with Crippen LogP contribution >= 0.6 is 0 Å². The summed E-state index contributed by atoms with van der Waals surface area (Å²) in [6.07, 6.45) is 0. The van der Waals surface area contributed by atoms with E-state index < -0.39 is 5.41 Å². The van der Waals surface area contributed by atoms with Crippen molar-refractivity contribution in [3.63, 3.8) is 0 Å². The van der Waals surface area contributed by atoms with Crippen molar-refractivity contribution in [2.45, 2.75) is 24.7 Å². The first-order chi connectivity index (χ1) is 29.5. The molecule has 0 aliphatic heterocycles. The molecule has 0 radical (unpaired) electrons. The van der Waals surface area contributed by atoms with Crippen LogP contribution in [0, 0.1) is 0 Å². The van der Waals surface area contributed by atoms with Crippen molar-refractivity contribution in [1.29, 1.82) is 0 Å². The van der Waals surface area contributed by atoms with E-state index in [4.69, 9.17) is 0 Å². The van der Waals surface area contributed by atoms with Crippen LogP contribution in [0.2, 0.25) is 0 Å². The number of aromatic nitrogens is 1. The summed E-state index contributed by atoms with van der Waals surface area (Å²) in [5.74, 6) is 0. The molecule has 2 aliphatic rings. The third-order valence-electron chi connectivity index (χ3n) is 13.5. The predicted molar refractivity (Wildman–Crippen MR) is 250 cm³/mol. The number of rotatable bonds is 5. The molecule has 1 aromatic heterocycles. The third-order valence-corrected chi connectivity index (χ3v) is 13.5. The fraction of sp³-hybridized carbons (Fsp3) is 0.0690. The highest BCUT2D eigenvalue weighted by molar-refractivity contribution is 6.10. The normalized spacial score (nSPS) is 14.1. The zero-order valence-corrected chi connectivity index (χ0v) is 33.7. The van der Waals surface area contributed by atoms with E-state index in [2.05, 4.69) is 242 Å². The average molecular weight is 767 g/mol. The lowest BCUT2D eigenvalue weighted by Gasteiger charge is -2.46. The van der Waals surface area contributed by atoms with Crippen molar-refractivity contribution >= 4 is 38.9 Å². The van der Waals surface area contributed by atoms with Crippen molar-refractivity contribution in [1.82, 2.24) is 4.57 Å². The Morgan fingerprint density at radius 3 is 1.58 bits per heavy atom. The number of hydrogen-bond donors (Lipinski definition) is 0. The standard InChI is InChI=1S/C58H42N2/c1-57(2)50-24-12-14-26-52(50)58(53-27-15-13-25-51(53)57)49-23-11-9-21-45(49)46-35-31-40(37-54(46)58)39-29-32-43(33-30-39)59(41-17-5-3-6-18-41)44-34-36-48-47-22-10-16-28-55(47)60(56(48)38-44)42-19-7-4-8-20-42/h3-38H,1-2H3. The van der Waals surface area contributed by atoms with Crippen molar-refractivity contribution in [3.8, 4) is 27.9 Å². The van der Waals surface area contributed by atoms with E-state index in [9.17, 15) is 0 Å². The second kappa shape index (κ2) is 13.0. The van der Waals surface area contributed by atoms with E-state index in [1.54, 1.807) is 0 Å². The molecule has 2 nitrogen and oxygen atoms in total.